The van der Waals surface area contributed by atoms with E-state index >= 15 is 0 Å². The van der Waals surface area contributed by atoms with Crippen molar-refractivity contribution in [2.75, 3.05) is 39.4 Å². The Bertz CT molecular complexity index is 929. The van der Waals surface area contributed by atoms with E-state index in [0.29, 0.717) is 4.72 Å². The van der Waals surface area contributed by atoms with Crippen LogP contribution in [0.3, 0.4) is 0 Å². The molecule has 0 saturated carbocycles. The minimum atomic E-state index is -8.05. The number of hydrogen-bond donors (Lipinski definition) is 1. The Balaban J connectivity index is 3.28. The summed E-state index contributed by atoms with van der Waals surface area (Å²) in [6.07, 6.45) is -12.6. The molecule has 1 saturated heterocycles. The molecule has 1 N–H and O–H groups in total. The van der Waals surface area contributed by atoms with Gasteiger partial charge in [0, 0.05) is 26.2 Å². The predicted octanol–water partition coefficient (Wildman–Crippen LogP) is 4.60. The van der Waals surface area contributed by atoms with Gasteiger partial charge in [-0.3, -0.25) is 4.90 Å². The van der Waals surface area contributed by atoms with E-state index in [9.17, 15) is 83.1 Å². The lowest BCUT2D eigenvalue weighted by Crippen LogP contribution is -2.68. The topological polar surface area (TPSA) is 58.6 Å². The van der Waals surface area contributed by atoms with Crippen LogP contribution in [0.5, 0.6) is 0 Å². The molecule has 38 heavy (non-hydrogen) atoms. The molecule has 1 aliphatic rings. The zero-order chi connectivity index (χ0) is 30.4. The van der Waals surface area contributed by atoms with Crippen molar-refractivity contribution in [1.82, 2.24) is 9.62 Å². The molecule has 0 unspecified atom stereocenters. The molecule has 228 valence electrons. The van der Waals surface area contributed by atoms with E-state index in [0.717, 1.165) is 0 Å². The summed E-state index contributed by atoms with van der Waals surface area (Å²) in [5, 5.41) is -7.30. The van der Waals surface area contributed by atoms with E-state index < -0.39 is 76.5 Å². The van der Waals surface area contributed by atoms with Crippen molar-refractivity contribution in [3.63, 3.8) is 0 Å². The number of hydrogen-bond acceptors (Lipinski definition) is 4. The number of morpholine rings is 1. The normalized spacial score (nSPS) is 18.7. The van der Waals surface area contributed by atoms with Crippen LogP contribution in [0, 0.1) is 0 Å². The summed E-state index contributed by atoms with van der Waals surface area (Å²) in [6.45, 7) is -1.60. The number of nitrogens with zero attached hydrogens (tertiary/aromatic N) is 1. The maximum Gasteiger partial charge on any atom is 0.460 e. The van der Waals surface area contributed by atoms with Crippen LogP contribution in [0.2, 0.25) is 0 Å². The van der Waals surface area contributed by atoms with Gasteiger partial charge in [0.05, 0.1) is 19.6 Å². The van der Waals surface area contributed by atoms with Crippen LogP contribution < -0.4 is 4.72 Å². The zero-order valence-corrected chi connectivity index (χ0v) is 18.8. The van der Waals surface area contributed by atoms with Crippen molar-refractivity contribution in [3.8, 4) is 0 Å². The van der Waals surface area contributed by atoms with Gasteiger partial charge < -0.3 is 4.74 Å². The first-order chi connectivity index (χ1) is 16.5. The molecule has 0 amide bonds. The highest BCUT2D eigenvalue weighted by atomic mass is 32.2. The standard InChI is InChI=1S/C15H15F17N2O3S/c16-8(17,10(20,21)12(24,25)14(28,29)30)7-9(18,19)11(22,23)13(26,27)15(31,32)38(35,36)33-1-2-34-3-5-37-6-4-34/h33H,1-7H2. The molecule has 23 heteroatoms. The lowest BCUT2D eigenvalue weighted by molar-refractivity contribution is -0.411. The number of halogens is 17. The van der Waals surface area contributed by atoms with Crippen LogP contribution in [-0.2, 0) is 14.8 Å². The summed E-state index contributed by atoms with van der Waals surface area (Å²) in [4.78, 5) is 1.27. The maximum absolute atomic E-state index is 13.9. The quantitative estimate of drug-likeness (QED) is 0.322. The highest BCUT2D eigenvalue weighted by Crippen LogP contribution is 2.60. The molecule has 0 aromatic rings. The van der Waals surface area contributed by atoms with Crippen molar-refractivity contribution in [2.24, 2.45) is 0 Å². The van der Waals surface area contributed by atoms with E-state index in [4.69, 9.17) is 4.74 Å². The first-order valence-electron chi connectivity index (χ1n) is 9.54. The van der Waals surface area contributed by atoms with Gasteiger partial charge in [-0.15, -0.1) is 0 Å². The van der Waals surface area contributed by atoms with E-state index in [1.165, 1.54) is 4.90 Å². The number of nitrogens with one attached hydrogen (secondary N) is 1. The summed E-state index contributed by atoms with van der Waals surface area (Å²) in [5.74, 6) is -47.1. The van der Waals surface area contributed by atoms with E-state index in [-0.39, 0.29) is 26.3 Å². The first-order valence-corrected chi connectivity index (χ1v) is 11.0. The highest BCUT2D eigenvalue weighted by molar-refractivity contribution is 7.90. The Morgan fingerprint density at radius 3 is 1.42 bits per heavy atom. The fourth-order valence-electron chi connectivity index (χ4n) is 2.74. The van der Waals surface area contributed by atoms with Crippen LogP contribution in [0.25, 0.3) is 0 Å². The van der Waals surface area contributed by atoms with Gasteiger partial charge in [0.1, 0.15) is 0 Å². The Morgan fingerprint density at radius 2 is 1.03 bits per heavy atom. The third-order valence-corrected chi connectivity index (χ3v) is 6.55. The highest BCUT2D eigenvalue weighted by Gasteiger charge is 2.88. The fourth-order valence-corrected chi connectivity index (χ4v) is 3.75. The summed E-state index contributed by atoms with van der Waals surface area (Å²) < 4.78 is 254. The van der Waals surface area contributed by atoms with E-state index in [1.54, 1.807) is 0 Å². The molecular weight excluding hydrogens is 611 g/mol. The molecule has 1 rings (SSSR count). The molecule has 1 fully saturated rings. The van der Waals surface area contributed by atoms with Gasteiger partial charge in [0.15, 0.2) is 0 Å². The van der Waals surface area contributed by atoms with E-state index in [1.807, 2.05) is 0 Å². The molecule has 0 aliphatic carbocycles. The molecular formula is C15H15F17N2O3S. The number of ether oxygens (including phenoxy) is 1. The second-order valence-corrected chi connectivity index (χ2v) is 9.56. The smallest absolute Gasteiger partial charge is 0.379 e. The molecule has 0 bridgehead atoms. The molecule has 1 heterocycles. The molecule has 0 spiro atoms. The Kier molecular flexibility index (Phi) is 9.34. The van der Waals surface area contributed by atoms with Gasteiger partial charge in [0.25, 0.3) is 10.0 Å². The molecule has 0 aromatic carbocycles. The largest absolute Gasteiger partial charge is 0.460 e. The van der Waals surface area contributed by atoms with Crippen LogP contribution in [0.4, 0.5) is 74.6 Å². The number of alkyl halides is 17. The molecule has 0 aromatic heterocycles. The van der Waals surface area contributed by atoms with Crippen molar-refractivity contribution in [3.05, 3.63) is 0 Å². The molecule has 0 atom stereocenters. The second-order valence-electron chi connectivity index (χ2n) is 7.75. The average Bonchev–Trinajstić information content (AvgIpc) is 2.72. The van der Waals surface area contributed by atoms with Crippen molar-refractivity contribution >= 4 is 10.0 Å². The van der Waals surface area contributed by atoms with Gasteiger partial charge in [-0.25, -0.2) is 13.1 Å². The fraction of sp³-hybridized carbons (Fsp3) is 1.00. The molecule has 0 radical (unpaired) electrons. The number of rotatable bonds is 12. The SMILES string of the molecule is O=S(=O)(NCCN1CCOCC1)C(F)(F)C(F)(F)C(F)(F)C(F)(F)CC(F)(F)C(F)(F)C(F)(F)C(F)(F)F. The van der Waals surface area contributed by atoms with Crippen molar-refractivity contribution < 1.29 is 87.8 Å². The Labute approximate surface area is 201 Å². The van der Waals surface area contributed by atoms with Gasteiger partial charge in [-0.2, -0.15) is 74.6 Å². The van der Waals surface area contributed by atoms with E-state index in [2.05, 4.69) is 0 Å². The lowest BCUT2D eigenvalue weighted by Gasteiger charge is -2.39. The molecule has 5 nitrogen and oxygen atoms in total. The predicted molar refractivity (Wildman–Crippen MR) is 89.5 cm³/mol. The van der Waals surface area contributed by atoms with Gasteiger partial charge in [-0.1, -0.05) is 0 Å². The monoisotopic (exact) mass is 626 g/mol. The summed E-state index contributed by atoms with van der Waals surface area (Å²) >= 11 is 0. The maximum atomic E-state index is 13.9. The zero-order valence-electron chi connectivity index (χ0n) is 18.0. The second kappa shape index (κ2) is 10.2. The van der Waals surface area contributed by atoms with Gasteiger partial charge >= 0.3 is 47.0 Å². The third kappa shape index (κ3) is 5.74. The Morgan fingerprint density at radius 1 is 0.632 bits per heavy atom. The van der Waals surface area contributed by atoms with Crippen LogP contribution in [0.15, 0.2) is 0 Å². The minimum absolute atomic E-state index is 0.0425. The van der Waals surface area contributed by atoms with Gasteiger partial charge in [-0.05, 0) is 0 Å². The van der Waals surface area contributed by atoms with Crippen molar-refractivity contribution in [1.29, 1.82) is 0 Å². The van der Waals surface area contributed by atoms with Crippen LogP contribution in [-0.4, -0.2) is 99.7 Å². The lowest BCUT2D eigenvalue weighted by atomic mass is 9.93. The van der Waals surface area contributed by atoms with Crippen molar-refractivity contribution in [2.45, 2.75) is 53.4 Å². The summed E-state index contributed by atoms with van der Waals surface area (Å²) in [7, 11) is -7.09. The van der Waals surface area contributed by atoms with Gasteiger partial charge in [0.2, 0.25) is 0 Å². The minimum Gasteiger partial charge on any atom is -0.379 e. The van der Waals surface area contributed by atoms with Crippen LogP contribution in [0.1, 0.15) is 6.42 Å². The third-order valence-electron chi connectivity index (χ3n) is 5.03. The molecule has 1 aliphatic heterocycles. The number of sulfonamides is 1. The first kappa shape index (κ1) is 34.7. The Hall–Kier alpha value is -1.36. The average molecular weight is 626 g/mol. The summed E-state index contributed by atoms with van der Waals surface area (Å²) in [6, 6.07) is 0. The van der Waals surface area contributed by atoms with Crippen LogP contribution >= 0.6 is 0 Å². The summed E-state index contributed by atoms with van der Waals surface area (Å²) in [5.41, 5.74) is 0.